The van der Waals surface area contributed by atoms with Crippen molar-refractivity contribution in [2.75, 3.05) is 12.0 Å². The zero-order chi connectivity index (χ0) is 7.68. The number of phenolic OH excluding ortho intramolecular Hbond substituents is 1. The van der Waals surface area contributed by atoms with E-state index in [1.165, 1.54) is 0 Å². The van der Waals surface area contributed by atoms with Gasteiger partial charge in [0, 0.05) is 17.8 Å². The monoisotopic (exact) mass is 150 g/mol. The van der Waals surface area contributed by atoms with E-state index in [2.05, 4.69) is 10.6 Å². The number of hydrogen-bond acceptors (Lipinski definition) is 3. The smallest absolute Gasteiger partial charge is 0.122 e. The van der Waals surface area contributed by atoms with Crippen LogP contribution in [0.3, 0.4) is 0 Å². The van der Waals surface area contributed by atoms with Crippen LogP contribution in [0.1, 0.15) is 5.56 Å². The van der Waals surface area contributed by atoms with Crippen molar-refractivity contribution in [3.8, 4) is 5.75 Å². The lowest BCUT2D eigenvalue weighted by molar-refractivity contribution is 0.464. The standard InChI is InChI=1S/C8H10N2O/c11-8-3-1-2-7-6(8)4-9-5-10-7/h1-3,9-11H,4-5H2. The van der Waals surface area contributed by atoms with E-state index < -0.39 is 0 Å². The molecule has 0 atom stereocenters. The maximum Gasteiger partial charge on any atom is 0.122 e. The van der Waals surface area contributed by atoms with Crippen molar-refractivity contribution in [3.63, 3.8) is 0 Å². The fraction of sp³-hybridized carbons (Fsp3) is 0.250. The van der Waals surface area contributed by atoms with E-state index in [-0.39, 0.29) is 0 Å². The first-order valence-corrected chi connectivity index (χ1v) is 3.63. The number of fused-ring (bicyclic) bond motifs is 1. The van der Waals surface area contributed by atoms with Gasteiger partial charge in [-0.3, -0.25) is 5.32 Å². The third-order valence-electron chi connectivity index (χ3n) is 1.86. The van der Waals surface area contributed by atoms with Gasteiger partial charge in [0.1, 0.15) is 5.75 Å². The predicted octanol–water partition coefficient (Wildman–Crippen LogP) is 0.865. The molecule has 0 saturated carbocycles. The normalized spacial score (nSPS) is 15.3. The van der Waals surface area contributed by atoms with Crippen molar-refractivity contribution in [2.45, 2.75) is 6.54 Å². The third-order valence-corrected chi connectivity index (χ3v) is 1.86. The molecule has 0 aliphatic carbocycles. The molecule has 1 aromatic carbocycles. The molecule has 1 aliphatic heterocycles. The molecule has 3 nitrogen and oxygen atoms in total. The highest BCUT2D eigenvalue weighted by Gasteiger charge is 2.09. The highest BCUT2D eigenvalue weighted by Crippen LogP contribution is 2.26. The van der Waals surface area contributed by atoms with E-state index in [1.807, 2.05) is 12.1 Å². The van der Waals surface area contributed by atoms with Gasteiger partial charge in [-0.25, -0.2) is 0 Å². The molecule has 11 heavy (non-hydrogen) atoms. The molecule has 1 aliphatic rings. The van der Waals surface area contributed by atoms with Crippen molar-refractivity contribution in [1.29, 1.82) is 0 Å². The molecular weight excluding hydrogens is 140 g/mol. The molecular formula is C8H10N2O. The Kier molecular flexibility index (Phi) is 1.43. The minimum absolute atomic E-state index is 0.363. The molecule has 0 unspecified atom stereocenters. The maximum atomic E-state index is 9.38. The van der Waals surface area contributed by atoms with Gasteiger partial charge in [0.05, 0.1) is 6.67 Å². The van der Waals surface area contributed by atoms with E-state index in [1.54, 1.807) is 6.07 Å². The zero-order valence-corrected chi connectivity index (χ0v) is 6.09. The number of aromatic hydroxyl groups is 1. The predicted molar refractivity (Wildman–Crippen MR) is 43.4 cm³/mol. The van der Waals surface area contributed by atoms with Crippen LogP contribution in [0.5, 0.6) is 5.75 Å². The molecule has 0 amide bonds. The molecule has 0 bridgehead atoms. The molecule has 2 rings (SSSR count). The molecule has 3 heteroatoms. The molecule has 1 heterocycles. The molecule has 0 aromatic heterocycles. The summed E-state index contributed by atoms with van der Waals surface area (Å²) >= 11 is 0. The lowest BCUT2D eigenvalue weighted by Gasteiger charge is -2.19. The summed E-state index contributed by atoms with van der Waals surface area (Å²) in [7, 11) is 0. The van der Waals surface area contributed by atoms with Gasteiger partial charge >= 0.3 is 0 Å². The summed E-state index contributed by atoms with van der Waals surface area (Å²) in [6.07, 6.45) is 0. The van der Waals surface area contributed by atoms with Crippen LogP contribution in [0.4, 0.5) is 5.69 Å². The summed E-state index contributed by atoms with van der Waals surface area (Å²) in [5.74, 6) is 0.363. The summed E-state index contributed by atoms with van der Waals surface area (Å²) in [6, 6.07) is 5.51. The van der Waals surface area contributed by atoms with Crippen molar-refractivity contribution in [1.82, 2.24) is 5.32 Å². The Labute approximate surface area is 65.0 Å². The minimum atomic E-state index is 0.363. The second kappa shape index (κ2) is 2.43. The molecule has 0 saturated heterocycles. The van der Waals surface area contributed by atoms with Crippen molar-refractivity contribution in [2.24, 2.45) is 0 Å². The summed E-state index contributed by atoms with van der Waals surface area (Å²) in [6.45, 7) is 1.52. The SMILES string of the molecule is Oc1cccc2c1CNCN2. The Morgan fingerprint density at radius 1 is 1.36 bits per heavy atom. The molecule has 3 N–H and O–H groups in total. The van der Waals surface area contributed by atoms with Crippen LogP contribution >= 0.6 is 0 Å². The van der Waals surface area contributed by atoms with E-state index in [4.69, 9.17) is 0 Å². The first-order valence-electron chi connectivity index (χ1n) is 3.63. The fourth-order valence-corrected chi connectivity index (χ4v) is 1.27. The number of anilines is 1. The fourth-order valence-electron chi connectivity index (χ4n) is 1.27. The number of hydrogen-bond donors (Lipinski definition) is 3. The number of rotatable bonds is 0. The Morgan fingerprint density at radius 2 is 2.27 bits per heavy atom. The van der Waals surface area contributed by atoms with Crippen LogP contribution in [0, 0.1) is 0 Å². The van der Waals surface area contributed by atoms with Crippen LogP contribution in [0.25, 0.3) is 0 Å². The Morgan fingerprint density at radius 3 is 3.09 bits per heavy atom. The van der Waals surface area contributed by atoms with E-state index in [0.717, 1.165) is 24.5 Å². The number of nitrogens with one attached hydrogen (secondary N) is 2. The molecule has 1 aromatic rings. The second-order valence-corrected chi connectivity index (χ2v) is 2.58. The van der Waals surface area contributed by atoms with Crippen molar-refractivity contribution < 1.29 is 5.11 Å². The first kappa shape index (κ1) is 6.49. The van der Waals surface area contributed by atoms with Gasteiger partial charge in [0.25, 0.3) is 0 Å². The van der Waals surface area contributed by atoms with E-state index in [0.29, 0.717) is 5.75 Å². The van der Waals surface area contributed by atoms with Gasteiger partial charge in [-0.05, 0) is 12.1 Å². The highest BCUT2D eigenvalue weighted by atomic mass is 16.3. The van der Waals surface area contributed by atoms with Gasteiger partial charge in [-0.1, -0.05) is 6.07 Å². The van der Waals surface area contributed by atoms with Crippen LogP contribution in [-0.4, -0.2) is 11.8 Å². The lowest BCUT2D eigenvalue weighted by Crippen LogP contribution is -2.27. The zero-order valence-electron chi connectivity index (χ0n) is 6.09. The van der Waals surface area contributed by atoms with Crippen LogP contribution in [0.15, 0.2) is 18.2 Å². The topological polar surface area (TPSA) is 44.3 Å². The van der Waals surface area contributed by atoms with Crippen LogP contribution < -0.4 is 10.6 Å². The lowest BCUT2D eigenvalue weighted by atomic mass is 10.1. The molecule has 0 spiro atoms. The van der Waals surface area contributed by atoms with Crippen LogP contribution in [0.2, 0.25) is 0 Å². The Hall–Kier alpha value is -1.22. The highest BCUT2D eigenvalue weighted by molar-refractivity contribution is 5.58. The Balaban J connectivity index is 2.49. The molecule has 0 radical (unpaired) electrons. The average molecular weight is 150 g/mol. The molecule has 0 fully saturated rings. The first-order chi connectivity index (χ1) is 5.38. The largest absolute Gasteiger partial charge is 0.508 e. The van der Waals surface area contributed by atoms with E-state index >= 15 is 0 Å². The third kappa shape index (κ3) is 1.03. The van der Waals surface area contributed by atoms with Crippen molar-refractivity contribution >= 4 is 5.69 Å². The molecule has 58 valence electrons. The van der Waals surface area contributed by atoms with Gasteiger partial charge in [0.15, 0.2) is 0 Å². The maximum absolute atomic E-state index is 9.38. The average Bonchev–Trinajstić information content (AvgIpc) is 2.06. The van der Waals surface area contributed by atoms with Gasteiger partial charge < -0.3 is 10.4 Å². The van der Waals surface area contributed by atoms with Gasteiger partial charge in [-0.15, -0.1) is 0 Å². The summed E-state index contributed by atoms with van der Waals surface area (Å²) < 4.78 is 0. The summed E-state index contributed by atoms with van der Waals surface area (Å²) in [5, 5.41) is 15.6. The van der Waals surface area contributed by atoms with Gasteiger partial charge in [0.2, 0.25) is 0 Å². The Bertz CT molecular complexity index is 273. The second-order valence-electron chi connectivity index (χ2n) is 2.58. The van der Waals surface area contributed by atoms with Crippen molar-refractivity contribution in [3.05, 3.63) is 23.8 Å². The van der Waals surface area contributed by atoms with Gasteiger partial charge in [-0.2, -0.15) is 0 Å². The summed E-state index contributed by atoms with van der Waals surface area (Å²) in [4.78, 5) is 0. The number of benzene rings is 1. The summed E-state index contributed by atoms with van der Waals surface area (Å²) in [5.41, 5.74) is 1.99. The quantitative estimate of drug-likeness (QED) is 0.514. The van der Waals surface area contributed by atoms with E-state index in [9.17, 15) is 5.11 Å². The number of phenols is 1. The minimum Gasteiger partial charge on any atom is -0.508 e. The van der Waals surface area contributed by atoms with Crippen LogP contribution in [-0.2, 0) is 6.54 Å².